The number of aliphatic hydroxyl groups is 1. The Labute approximate surface area is 112 Å². The zero-order chi connectivity index (χ0) is 13.0. The maximum absolute atomic E-state index is 9.59. The largest absolute Gasteiger partial charge is 0.394 e. The lowest BCUT2D eigenvalue weighted by Crippen LogP contribution is -2.48. The van der Waals surface area contributed by atoms with E-state index in [4.69, 9.17) is 0 Å². The summed E-state index contributed by atoms with van der Waals surface area (Å²) >= 11 is 0. The molecule has 1 heterocycles. The van der Waals surface area contributed by atoms with E-state index in [0.717, 1.165) is 18.9 Å². The van der Waals surface area contributed by atoms with Crippen LogP contribution in [-0.4, -0.2) is 47.8 Å². The predicted molar refractivity (Wildman–Crippen MR) is 75.7 cm³/mol. The molecule has 0 spiro atoms. The van der Waals surface area contributed by atoms with Gasteiger partial charge in [-0.2, -0.15) is 0 Å². The molecule has 0 aromatic carbocycles. The Kier molecular flexibility index (Phi) is 5.05. The summed E-state index contributed by atoms with van der Waals surface area (Å²) in [6.45, 7) is 8.39. The predicted octanol–water partition coefficient (Wildman–Crippen LogP) is 2.00. The average molecular weight is 254 g/mol. The highest BCUT2D eigenvalue weighted by Gasteiger charge is 2.32. The molecule has 2 unspecified atom stereocenters. The van der Waals surface area contributed by atoms with Crippen molar-refractivity contribution >= 4 is 0 Å². The van der Waals surface area contributed by atoms with Crippen molar-refractivity contribution in [1.82, 2.24) is 10.2 Å². The highest BCUT2D eigenvalue weighted by atomic mass is 16.3. The lowest BCUT2D eigenvalue weighted by molar-refractivity contribution is 0.148. The zero-order valence-electron chi connectivity index (χ0n) is 12.1. The van der Waals surface area contributed by atoms with Gasteiger partial charge in [0.2, 0.25) is 0 Å². The standard InChI is InChI=1S/C15H30N2O/c1-3-4-13-7-9-17(11-13)10-8-15(2,12-18)16-14-5-6-14/h13-14,16,18H,3-12H2,1-2H3. The number of aliphatic hydroxyl groups excluding tert-OH is 1. The molecule has 0 bridgehead atoms. The quantitative estimate of drug-likeness (QED) is 0.695. The SMILES string of the molecule is CCCC1CCN(CCC(C)(CO)NC2CC2)C1. The molecule has 2 aliphatic rings. The van der Waals surface area contributed by atoms with Crippen molar-refractivity contribution in [1.29, 1.82) is 0 Å². The molecule has 2 atom stereocenters. The summed E-state index contributed by atoms with van der Waals surface area (Å²) in [5.41, 5.74) is -0.0655. The first-order chi connectivity index (χ1) is 8.65. The molecule has 3 nitrogen and oxygen atoms in total. The van der Waals surface area contributed by atoms with Gasteiger partial charge < -0.3 is 15.3 Å². The summed E-state index contributed by atoms with van der Waals surface area (Å²) in [5.74, 6) is 0.923. The van der Waals surface area contributed by atoms with Gasteiger partial charge in [0.05, 0.1) is 6.61 Å². The first-order valence-corrected chi connectivity index (χ1v) is 7.76. The molecular formula is C15H30N2O. The van der Waals surface area contributed by atoms with Gasteiger partial charge in [0.1, 0.15) is 0 Å². The van der Waals surface area contributed by atoms with Gasteiger partial charge in [-0.05, 0) is 58.0 Å². The van der Waals surface area contributed by atoms with Crippen LogP contribution < -0.4 is 5.32 Å². The van der Waals surface area contributed by atoms with Crippen LogP contribution in [0, 0.1) is 5.92 Å². The zero-order valence-corrected chi connectivity index (χ0v) is 12.1. The minimum Gasteiger partial charge on any atom is -0.394 e. The number of likely N-dealkylation sites (tertiary alicyclic amines) is 1. The second-order valence-electron chi connectivity index (χ2n) is 6.63. The Bertz CT molecular complexity index is 255. The van der Waals surface area contributed by atoms with Gasteiger partial charge in [-0.1, -0.05) is 13.3 Å². The molecule has 2 fully saturated rings. The van der Waals surface area contributed by atoms with E-state index < -0.39 is 0 Å². The number of nitrogens with zero attached hydrogens (tertiary/aromatic N) is 1. The van der Waals surface area contributed by atoms with Crippen LogP contribution in [0.1, 0.15) is 52.4 Å². The van der Waals surface area contributed by atoms with E-state index in [2.05, 4.69) is 24.1 Å². The van der Waals surface area contributed by atoms with E-state index in [1.807, 2.05) is 0 Å². The van der Waals surface area contributed by atoms with Crippen molar-refractivity contribution in [3.63, 3.8) is 0 Å². The van der Waals surface area contributed by atoms with Gasteiger partial charge in [-0.15, -0.1) is 0 Å². The molecule has 18 heavy (non-hydrogen) atoms. The molecule has 1 saturated heterocycles. The fourth-order valence-electron chi connectivity index (χ4n) is 3.08. The van der Waals surface area contributed by atoms with E-state index >= 15 is 0 Å². The van der Waals surface area contributed by atoms with Crippen LogP contribution in [-0.2, 0) is 0 Å². The molecule has 2 N–H and O–H groups in total. The van der Waals surface area contributed by atoms with Gasteiger partial charge in [0.15, 0.2) is 0 Å². The van der Waals surface area contributed by atoms with Crippen LogP contribution in [0.5, 0.6) is 0 Å². The van der Waals surface area contributed by atoms with E-state index in [1.54, 1.807) is 0 Å². The van der Waals surface area contributed by atoms with Crippen molar-refractivity contribution in [2.24, 2.45) is 5.92 Å². The summed E-state index contributed by atoms with van der Waals surface area (Å²) in [6.07, 6.45) is 7.72. The fraction of sp³-hybridized carbons (Fsp3) is 1.00. The van der Waals surface area contributed by atoms with Crippen LogP contribution in [0.15, 0.2) is 0 Å². The lowest BCUT2D eigenvalue weighted by Gasteiger charge is -2.31. The minimum absolute atomic E-state index is 0.0655. The van der Waals surface area contributed by atoms with Crippen LogP contribution in [0.3, 0.4) is 0 Å². The van der Waals surface area contributed by atoms with Crippen molar-refractivity contribution in [2.75, 3.05) is 26.2 Å². The lowest BCUT2D eigenvalue weighted by atomic mass is 9.98. The van der Waals surface area contributed by atoms with Crippen LogP contribution in [0.2, 0.25) is 0 Å². The molecule has 2 rings (SSSR count). The Hall–Kier alpha value is -0.120. The third-order valence-corrected chi connectivity index (χ3v) is 4.53. The Balaban J connectivity index is 1.69. The second-order valence-corrected chi connectivity index (χ2v) is 6.63. The van der Waals surface area contributed by atoms with Gasteiger partial charge in [0.25, 0.3) is 0 Å². The maximum Gasteiger partial charge on any atom is 0.0611 e. The normalized spacial score (nSPS) is 28.5. The molecule has 106 valence electrons. The van der Waals surface area contributed by atoms with E-state index in [-0.39, 0.29) is 12.1 Å². The molecule has 0 aromatic heterocycles. The van der Waals surface area contributed by atoms with E-state index in [9.17, 15) is 5.11 Å². The first-order valence-electron chi connectivity index (χ1n) is 7.76. The third-order valence-electron chi connectivity index (χ3n) is 4.53. The van der Waals surface area contributed by atoms with E-state index in [0.29, 0.717) is 6.04 Å². The molecule has 1 aliphatic carbocycles. The Morgan fingerprint density at radius 2 is 2.11 bits per heavy atom. The fourth-order valence-corrected chi connectivity index (χ4v) is 3.08. The van der Waals surface area contributed by atoms with Crippen molar-refractivity contribution in [3.05, 3.63) is 0 Å². The number of hydrogen-bond acceptors (Lipinski definition) is 3. The molecule has 0 aromatic rings. The van der Waals surface area contributed by atoms with Gasteiger partial charge in [0, 0.05) is 18.1 Å². The number of nitrogens with one attached hydrogen (secondary N) is 1. The van der Waals surface area contributed by atoms with Crippen LogP contribution >= 0.6 is 0 Å². The third kappa shape index (κ3) is 4.22. The van der Waals surface area contributed by atoms with E-state index in [1.165, 1.54) is 45.2 Å². The minimum atomic E-state index is -0.0655. The molecular weight excluding hydrogens is 224 g/mol. The summed E-state index contributed by atoms with van der Waals surface area (Å²) in [5, 5.41) is 13.2. The monoisotopic (exact) mass is 254 g/mol. The molecule has 3 heteroatoms. The van der Waals surface area contributed by atoms with Gasteiger partial charge >= 0.3 is 0 Å². The summed E-state index contributed by atoms with van der Waals surface area (Å²) in [6, 6.07) is 0.675. The molecule has 0 radical (unpaired) electrons. The highest BCUT2D eigenvalue weighted by Crippen LogP contribution is 2.25. The highest BCUT2D eigenvalue weighted by molar-refractivity contribution is 4.93. The molecule has 1 saturated carbocycles. The smallest absolute Gasteiger partial charge is 0.0611 e. The average Bonchev–Trinajstić information content (AvgIpc) is 3.05. The summed E-state index contributed by atoms with van der Waals surface area (Å²) in [7, 11) is 0. The van der Waals surface area contributed by atoms with Crippen LogP contribution in [0.25, 0.3) is 0 Å². The van der Waals surface area contributed by atoms with Crippen molar-refractivity contribution in [2.45, 2.75) is 64.0 Å². The Morgan fingerprint density at radius 1 is 1.33 bits per heavy atom. The van der Waals surface area contributed by atoms with Gasteiger partial charge in [-0.3, -0.25) is 0 Å². The van der Waals surface area contributed by atoms with Crippen molar-refractivity contribution in [3.8, 4) is 0 Å². The molecule has 0 amide bonds. The number of rotatable bonds is 8. The van der Waals surface area contributed by atoms with Crippen LogP contribution in [0.4, 0.5) is 0 Å². The van der Waals surface area contributed by atoms with Gasteiger partial charge in [-0.25, -0.2) is 0 Å². The number of hydrogen-bond donors (Lipinski definition) is 2. The summed E-state index contributed by atoms with van der Waals surface area (Å²) < 4.78 is 0. The first kappa shape index (κ1) is 14.3. The van der Waals surface area contributed by atoms with Crippen molar-refractivity contribution < 1.29 is 5.11 Å². The second kappa shape index (κ2) is 6.36. The topological polar surface area (TPSA) is 35.5 Å². The Morgan fingerprint density at radius 3 is 2.72 bits per heavy atom. The molecule has 1 aliphatic heterocycles. The summed E-state index contributed by atoms with van der Waals surface area (Å²) in [4.78, 5) is 2.59. The maximum atomic E-state index is 9.59.